The van der Waals surface area contributed by atoms with Crippen molar-refractivity contribution < 1.29 is 9.53 Å². The van der Waals surface area contributed by atoms with Crippen molar-refractivity contribution in [2.45, 2.75) is 11.6 Å². The molecule has 0 aromatic rings. The van der Waals surface area contributed by atoms with Gasteiger partial charge in [-0.15, -0.1) is 0 Å². The zero-order valence-corrected chi connectivity index (χ0v) is 5.11. The second-order valence-corrected chi connectivity index (χ2v) is 2.04. The molecule has 0 radical (unpaired) electrons. The Kier molecular flexibility index (Phi) is 1.40. The first-order valence-corrected chi connectivity index (χ1v) is 2.66. The van der Waals surface area contributed by atoms with Crippen LogP contribution in [-0.4, -0.2) is 24.6 Å². The van der Waals surface area contributed by atoms with Crippen molar-refractivity contribution in [3.05, 3.63) is 0 Å². The summed E-state index contributed by atoms with van der Waals surface area (Å²) in [5, 5.41) is 2.41. The van der Waals surface area contributed by atoms with Gasteiger partial charge in [0.2, 0.25) is 0 Å². The van der Waals surface area contributed by atoms with Gasteiger partial charge in [-0.2, -0.15) is 0 Å². The minimum absolute atomic E-state index is 0.132. The van der Waals surface area contributed by atoms with Crippen LogP contribution in [0, 0.1) is 0 Å². The highest BCUT2D eigenvalue weighted by Gasteiger charge is 2.37. The zero-order valence-electron chi connectivity index (χ0n) is 4.35. The van der Waals surface area contributed by atoms with Gasteiger partial charge in [0, 0.05) is 7.11 Å². The molecular weight excluding hydrogens is 130 g/mol. The van der Waals surface area contributed by atoms with E-state index in [4.69, 9.17) is 11.6 Å². The standard InChI is InChI=1S/C4H6ClNO2/c1-8-2-3(5)6-4(2)7/h2-3H,1H3,(H,6,7)/t2-,3+/m1/s1. The number of amides is 1. The maximum absolute atomic E-state index is 10.4. The first-order chi connectivity index (χ1) is 3.75. The third-order valence-corrected chi connectivity index (χ3v) is 1.40. The van der Waals surface area contributed by atoms with Crippen LogP contribution < -0.4 is 5.32 Å². The summed E-state index contributed by atoms with van der Waals surface area (Å²) in [5.41, 5.74) is -0.326. The van der Waals surface area contributed by atoms with Crippen LogP contribution in [0.4, 0.5) is 0 Å². The van der Waals surface area contributed by atoms with Gasteiger partial charge in [0.25, 0.3) is 5.91 Å². The number of carbonyl (C=O) groups is 1. The van der Waals surface area contributed by atoms with E-state index < -0.39 is 6.10 Å². The van der Waals surface area contributed by atoms with Gasteiger partial charge in [0.05, 0.1) is 0 Å². The third-order valence-electron chi connectivity index (χ3n) is 1.06. The highest BCUT2D eigenvalue weighted by molar-refractivity contribution is 6.26. The van der Waals surface area contributed by atoms with E-state index in [0.717, 1.165) is 0 Å². The van der Waals surface area contributed by atoms with Crippen molar-refractivity contribution in [2.24, 2.45) is 0 Å². The summed E-state index contributed by atoms with van der Waals surface area (Å²) in [5.74, 6) is -0.132. The van der Waals surface area contributed by atoms with Crippen LogP contribution in [0.3, 0.4) is 0 Å². The van der Waals surface area contributed by atoms with E-state index in [1.165, 1.54) is 7.11 Å². The number of halogens is 1. The number of hydrogen-bond donors (Lipinski definition) is 1. The quantitative estimate of drug-likeness (QED) is 0.305. The molecule has 0 unspecified atom stereocenters. The molecule has 8 heavy (non-hydrogen) atoms. The Balaban J connectivity index is 2.40. The Morgan fingerprint density at radius 1 is 1.88 bits per heavy atom. The minimum atomic E-state index is -0.434. The van der Waals surface area contributed by atoms with Gasteiger partial charge >= 0.3 is 0 Å². The number of β-lactam (4-membered cyclic amide) rings is 1. The van der Waals surface area contributed by atoms with E-state index in [1.807, 2.05) is 0 Å². The molecule has 0 spiro atoms. The Bertz CT molecular complexity index is 117. The Morgan fingerprint density at radius 2 is 2.50 bits per heavy atom. The van der Waals surface area contributed by atoms with Crippen molar-refractivity contribution in [1.29, 1.82) is 0 Å². The number of hydrogen-bond acceptors (Lipinski definition) is 2. The molecule has 1 N–H and O–H groups in total. The lowest BCUT2D eigenvalue weighted by Gasteiger charge is -2.30. The van der Waals surface area contributed by atoms with E-state index in [1.54, 1.807) is 0 Å². The molecule has 3 nitrogen and oxygen atoms in total. The smallest absolute Gasteiger partial charge is 0.253 e. The van der Waals surface area contributed by atoms with Crippen LogP contribution in [0.2, 0.25) is 0 Å². The van der Waals surface area contributed by atoms with Crippen molar-refractivity contribution >= 4 is 17.5 Å². The number of methoxy groups -OCH3 is 1. The maximum Gasteiger partial charge on any atom is 0.253 e. The second kappa shape index (κ2) is 1.91. The molecule has 4 heteroatoms. The predicted molar refractivity (Wildman–Crippen MR) is 28.6 cm³/mol. The molecule has 0 aromatic heterocycles. The van der Waals surface area contributed by atoms with E-state index >= 15 is 0 Å². The summed E-state index contributed by atoms with van der Waals surface area (Å²) in [6.45, 7) is 0. The highest BCUT2D eigenvalue weighted by atomic mass is 35.5. The topological polar surface area (TPSA) is 38.3 Å². The molecule has 0 bridgehead atoms. The number of nitrogens with one attached hydrogen (secondary N) is 1. The molecule has 2 atom stereocenters. The Morgan fingerprint density at radius 3 is 2.62 bits per heavy atom. The van der Waals surface area contributed by atoms with Crippen LogP contribution >= 0.6 is 11.6 Å². The SMILES string of the molecule is CO[C@H]1C(=O)N[C@@H]1Cl. The molecule has 1 saturated heterocycles. The lowest BCUT2D eigenvalue weighted by molar-refractivity contribution is -0.141. The van der Waals surface area contributed by atoms with E-state index in [2.05, 4.69) is 10.1 Å². The number of carbonyl (C=O) groups excluding carboxylic acids is 1. The van der Waals surface area contributed by atoms with Gasteiger partial charge in [-0.3, -0.25) is 4.79 Å². The minimum Gasteiger partial charge on any atom is -0.368 e. The van der Waals surface area contributed by atoms with E-state index in [-0.39, 0.29) is 11.4 Å². The first-order valence-electron chi connectivity index (χ1n) is 2.23. The Hall–Kier alpha value is -0.280. The molecule has 0 aromatic carbocycles. The molecule has 1 rings (SSSR count). The fourth-order valence-corrected chi connectivity index (χ4v) is 0.882. The zero-order chi connectivity index (χ0) is 6.15. The van der Waals surface area contributed by atoms with Gasteiger partial charge in [-0.05, 0) is 0 Å². The molecule has 0 aliphatic carbocycles. The number of alkyl halides is 1. The normalized spacial score (nSPS) is 36.0. The van der Waals surface area contributed by atoms with E-state index in [0.29, 0.717) is 0 Å². The highest BCUT2D eigenvalue weighted by Crippen LogP contribution is 2.12. The van der Waals surface area contributed by atoms with E-state index in [9.17, 15) is 4.79 Å². The molecule has 46 valence electrons. The molecule has 1 fully saturated rings. The lowest BCUT2D eigenvalue weighted by Crippen LogP contribution is -2.60. The third kappa shape index (κ3) is 0.677. The molecular formula is C4H6ClNO2. The molecule has 0 saturated carbocycles. The lowest BCUT2D eigenvalue weighted by atomic mass is 10.2. The average Bonchev–Trinajstić information content (AvgIpc) is 1.67. The van der Waals surface area contributed by atoms with Gasteiger partial charge in [-0.1, -0.05) is 11.6 Å². The number of ether oxygens (including phenoxy) is 1. The summed E-state index contributed by atoms with van der Waals surface area (Å²) in [4.78, 5) is 10.4. The largest absolute Gasteiger partial charge is 0.368 e. The van der Waals surface area contributed by atoms with Crippen LogP contribution in [0.25, 0.3) is 0 Å². The summed E-state index contributed by atoms with van der Waals surface area (Å²) in [7, 11) is 1.46. The van der Waals surface area contributed by atoms with Gasteiger partial charge in [-0.25, -0.2) is 0 Å². The second-order valence-electron chi connectivity index (χ2n) is 1.57. The van der Waals surface area contributed by atoms with Crippen LogP contribution in [-0.2, 0) is 9.53 Å². The van der Waals surface area contributed by atoms with Crippen molar-refractivity contribution in [3.63, 3.8) is 0 Å². The van der Waals surface area contributed by atoms with Gasteiger partial charge < -0.3 is 10.1 Å². The van der Waals surface area contributed by atoms with Gasteiger partial charge in [0.15, 0.2) is 6.10 Å². The predicted octanol–water partition coefficient (Wildman–Crippen LogP) is -0.304. The maximum atomic E-state index is 10.4. The monoisotopic (exact) mass is 135 g/mol. The molecule has 1 aliphatic heterocycles. The molecule has 1 aliphatic rings. The van der Waals surface area contributed by atoms with Crippen LogP contribution in [0.5, 0.6) is 0 Å². The Labute approximate surface area is 52.0 Å². The van der Waals surface area contributed by atoms with Crippen LogP contribution in [0.15, 0.2) is 0 Å². The molecule has 1 amide bonds. The first kappa shape index (κ1) is 5.85. The average molecular weight is 136 g/mol. The summed E-state index contributed by atoms with van der Waals surface area (Å²) in [6, 6.07) is 0. The van der Waals surface area contributed by atoms with Crippen molar-refractivity contribution in [1.82, 2.24) is 5.32 Å². The molecule has 1 heterocycles. The van der Waals surface area contributed by atoms with Crippen molar-refractivity contribution in [2.75, 3.05) is 7.11 Å². The summed E-state index contributed by atoms with van der Waals surface area (Å²) in [6.07, 6.45) is -0.434. The number of rotatable bonds is 1. The van der Waals surface area contributed by atoms with Crippen LogP contribution in [0.1, 0.15) is 0 Å². The van der Waals surface area contributed by atoms with Gasteiger partial charge in [0.1, 0.15) is 5.50 Å². The fraction of sp³-hybridized carbons (Fsp3) is 0.750. The summed E-state index contributed by atoms with van der Waals surface area (Å²) >= 11 is 5.45. The fourth-order valence-electron chi connectivity index (χ4n) is 0.557. The van der Waals surface area contributed by atoms with Crippen molar-refractivity contribution in [3.8, 4) is 0 Å². The summed E-state index contributed by atoms with van der Waals surface area (Å²) < 4.78 is 4.67.